The minimum absolute atomic E-state index is 0.772. The third-order valence-corrected chi connectivity index (χ3v) is 3.19. The summed E-state index contributed by atoms with van der Waals surface area (Å²) in [6.45, 7) is 1.81. The van der Waals surface area contributed by atoms with Gasteiger partial charge in [-0.25, -0.2) is 0 Å². The third kappa shape index (κ3) is 3.58. The Kier molecular flexibility index (Phi) is 4.98. The Morgan fingerprint density at radius 3 is 2.89 bits per heavy atom. The Balaban J connectivity index is 1.96. The van der Waals surface area contributed by atoms with E-state index in [0.717, 1.165) is 48.1 Å². The maximum Gasteiger partial charge on any atom is 0.0462 e. The highest BCUT2D eigenvalue weighted by molar-refractivity contribution is 6.00. The molecule has 0 saturated heterocycles. The monoisotopic (exact) mass is 259 g/mol. The molecular weight excluding hydrogens is 238 g/mol. The van der Waals surface area contributed by atoms with Crippen molar-refractivity contribution < 1.29 is 4.74 Å². The van der Waals surface area contributed by atoms with Crippen molar-refractivity contribution in [3.8, 4) is 0 Å². The van der Waals surface area contributed by atoms with Crippen LogP contribution >= 0.6 is 0 Å². The number of nitrogen functional groups attached to an aromatic ring is 1. The van der Waals surface area contributed by atoms with Crippen LogP contribution in [-0.4, -0.2) is 25.2 Å². The number of nitrogens with one attached hydrogen (secondary N) is 1. The number of anilines is 2. The Morgan fingerprint density at radius 2 is 2.05 bits per heavy atom. The zero-order chi connectivity index (χ0) is 13.5. The van der Waals surface area contributed by atoms with Gasteiger partial charge in [0.1, 0.15) is 0 Å². The van der Waals surface area contributed by atoms with Crippen molar-refractivity contribution >= 4 is 22.1 Å². The Hall–Kier alpha value is -1.81. The molecule has 2 aromatic rings. The molecule has 0 aliphatic carbocycles. The van der Waals surface area contributed by atoms with Crippen molar-refractivity contribution in [2.45, 2.75) is 19.3 Å². The molecule has 0 saturated carbocycles. The minimum atomic E-state index is 0.772. The van der Waals surface area contributed by atoms with Crippen LogP contribution in [0.3, 0.4) is 0 Å². The molecule has 0 radical (unpaired) electrons. The Morgan fingerprint density at radius 1 is 1.16 bits per heavy atom. The zero-order valence-corrected chi connectivity index (χ0v) is 11.4. The average Bonchev–Trinajstić information content (AvgIpc) is 2.45. The van der Waals surface area contributed by atoms with E-state index in [-0.39, 0.29) is 0 Å². The second-order valence-corrected chi connectivity index (χ2v) is 4.60. The van der Waals surface area contributed by atoms with Gasteiger partial charge in [-0.3, -0.25) is 4.98 Å². The summed E-state index contributed by atoms with van der Waals surface area (Å²) in [5.41, 5.74) is 7.85. The van der Waals surface area contributed by atoms with Crippen LogP contribution in [0.5, 0.6) is 0 Å². The van der Waals surface area contributed by atoms with E-state index in [4.69, 9.17) is 10.5 Å². The van der Waals surface area contributed by atoms with Gasteiger partial charge < -0.3 is 15.8 Å². The summed E-state index contributed by atoms with van der Waals surface area (Å²) in [6, 6.07) is 5.96. The predicted molar refractivity (Wildman–Crippen MR) is 80.4 cm³/mol. The normalized spacial score (nSPS) is 10.8. The molecule has 0 aliphatic heterocycles. The van der Waals surface area contributed by atoms with Crippen LogP contribution in [0.4, 0.5) is 11.4 Å². The van der Waals surface area contributed by atoms with Gasteiger partial charge in [-0.05, 0) is 37.5 Å². The molecule has 102 valence electrons. The number of hydrogen-bond donors (Lipinski definition) is 2. The molecule has 2 rings (SSSR count). The van der Waals surface area contributed by atoms with Crippen molar-refractivity contribution in [3.63, 3.8) is 0 Å². The number of methoxy groups -OCH3 is 1. The molecule has 4 heteroatoms. The van der Waals surface area contributed by atoms with Gasteiger partial charge in [0.15, 0.2) is 0 Å². The van der Waals surface area contributed by atoms with Crippen molar-refractivity contribution in [2.24, 2.45) is 0 Å². The van der Waals surface area contributed by atoms with Gasteiger partial charge >= 0.3 is 0 Å². The summed E-state index contributed by atoms with van der Waals surface area (Å²) in [7, 11) is 1.74. The lowest BCUT2D eigenvalue weighted by atomic mass is 10.1. The molecule has 1 heterocycles. The molecule has 1 aromatic carbocycles. The second kappa shape index (κ2) is 6.95. The van der Waals surface area contributed by atoms with Gasteiger partial charge in [-0.15, -0.1) is 0 Å². The van der Waals surface area contributed by atoms with Crippen molar-refractivity contribution in [1.82, 2.24) is 4.98 Å². The smallest absolute Gasteiger partial charge is 0.0462 e. The molecule has 0 spiro atoms. The number of aromatic nitrogens is 1. The first-order valence-corrected chi connectivity index (χ1v) is 6.68. The minimum Gasteiger partial charge on any atom is -0.398 e. The summed E-state index contributed by atoms with van der Waals surface area (Å²) >= 11 is 0. The molecule has 0 bridgehead atoms. The molecule has 0 atom stereocenters. The number of fused-ring (bicyclic) bond motifs is 1. The van der Waals surface area contributed by atoms with E-state index < -0.39 is 0 Å². The van der Waals surface area contributed by atoms with Crippen LogP contribution in [0.2, 0.25) is 0 Å². The Labute approximate surface area is 114 Å². The van der Waals surface area contributed by atoms with Gasteiger partial charge in [0.05, 0.1) is 0 Å². The zero-order valence-electron chi connectivity index (χ0n) is 11.4. The van der Waals surface area contributed by atoms with E-state index in [2.05, 4.69) is 10.3 Å². The van der Waals surface area contributed by atoms with Crippen LogP contribution in [0, 0.1) is 0 Å². The molecule has 0 aliphatic rings. The number of ether oxygens (including phenoxy) is 1. The van der Waals surface area contributed by atoms with Crippen LogP contribution in [-0.2, 0) is 4.74 Å². The van der Waals surface area contributed by atoms with Crippen molar-refractivity contribution in [3.05, 3.63) is 30.6 Å². The van der Waals surface area contributed by atoms with E-state index in [1.807, 2.05) is 24.4 Å². The van der Waals surface area contributed by atoms with E-state index in [1.165, 1.54) is 6.42 Å². The SMILES string of the molecule is COCCCCCNc1ccc(N)c2cnccc12. The lowest BCUT2D eigenvalue weighted by Crippen LogP contribution is -2.03. The van der Waals surface area contributed by atoms with Crippen molar-refractivity contribution in [1.29, 1.82) is 0 Å². The van der Waals surface area contributed by atoms with Crippen LogP contribution in [0.1, 0.15) is 19.3 Å². The quantitative estimate of drug-likeness (QED) is 0.592. The molecule has 4 nitrogen and oxygen atoms in total. The second-order valence-electron chi connectivity index (χ2n) is 4.60. The number of hydrogen-bond acceptors (Lipinski definition) is 4. The highest BCUT2D eigenvalue weighted by Gasteiger charge is 2.03. The molecule has 1 aromatic heterocycles. The van der Waals surface area contributed by atoms with Crippen LogP contribution < -0.4 is 11.1 Å². The molecular formula is C15H21N3O. The molecule has 3 N–H and O–H groups in total. The van der Waals surface area contributed by atoms with Crippen LogP contribution in [0.15, 0.2) is 30.6 Å². The van der Waals surface area contributed by atoms with Crippen LogP contribution in [0.25, 0.3) is 10.8 Å². The van der Waals surface area contributed by atoms with E-state index in [0.29, 0.717) is 0 Å². The molecule has 0 fully saturated rings. The number of nitrogens with zero attached hydrogens (tertiary/aromatic N) is 1. The lowest BCUT2D eigenvalue weighted by Gasteiger charge is -2.11. The largest absolute Gasteiger partial charge is 0.398 e. The number of rotatable bonds is 7. The average molecular weight is 259 g/mol. The summed E-state index contributed by atoms with van der Waals surface area (Å²) in [4.78, 5) is 4.12. The fraction of sp³-hybridized carbons (Fsp3) is 0.400. The first kappa shape index (κ1) is 13.6. The summed E-state index contributed by atoms with van der Waals surface area (Å²) in [5.74, 6) is 0. The van der Waals surface area contributed by atoms with Gasteiger partial charge in [0.2, 0.25) is 0 Å². The topological polar surface area (TPSA) is 60.2 Å². The molecule has 0 unspecified atom stereocenters. The Bertz CT molecular complexity index is 528. The standard InChI is InChI=1S/C15H21N3O/c1-19-10-4-2-3-8-18-15-6-5-14(16)13-11-17-9-7-12(13)15/h5-7,9,11,18H,2-4,8,10,16H2,1H3. The number of benzene rings is 1. The molecule has 19 heavy (non-hydrogen) atoms. The fourth-order valence-corrected chi connectivity index (χ4v) is 2.14. The number of nitrogens with two attached hydrogens (primary N) is 1. The van der Waals surface area contributed by atoms with Gasteiger partial charge in [-0.1, -0.05) is 0 Å². The summed E-state index contributed by atoms with van der Waals surface area (Å²) < 4.78 is 5.04. The molecule has 0 amide bonds. The summed E-state index contributed by atoms with van der Waals surface area (Å²) in [6.07, 6.45) is 7.04. The predicted octanol–water partition coefficient (Wildman–Crippen LogP) is 3.05. The number of unbranched alkanes of at least 4 members (excludes halogenated alkanes) is 2. The highest BCUT2D eigenvalue weighted by Crippen LogP contribution is 2.27. The maximum atomic E-state index is 5.95. The lowest BCUT2D eigenvalue weighted by molar-refractivity contribution is 0.192. The first-order chi connectivity index (χ1) is 9.33. The maximum absolute atomic E-state index is 5.95. The van der Waals surface area contributed by atoms with Gasteiger partial charge in [-0.2, -0.15) is 0 Å². The van der Waals surface area contributed by atoms with E-state index in [9.17, 15) is 0 Å². The van der Waals surface area contributed by atoms with Crippen molar-refractivity contribution in [2.75, 3.05) is 31.3 Å². The summed E-state index contributed by atoms with van der Waals surface area (Å²) in [5, 5.41) is 5.61. The van der Waals surface area contributed by atoms with Gasteiger partial charge in [0.25, 0.3) is 0 Å². The number of pyridine rings is 1. The fourth-order valence-electron chi connectivity index (χ4n) is 2.14. The van der Waals surface area contributed by atoms with E-state index >= 15 is 0 Å². The first-order valence-electron chi connectivity index (χ1n) is 6.68. The van der Waals surface area contributed by atoms with Gasteiger partial charge in [0, 0.05) is 54.8 Å². The van der Waals surface area contributed by atoms with E-state index in [1.54, 1.807) is 13.3 Å². The third-order valence-electron chi connectivity index (χ3n) is 3.19. The highest BCUT2D eigenvalue weighted by atomic mass is 16.5.